The molecule has 4 nitrogen and oxygen atoms in total. The fourth-order valence-electron chi connectivity index (χ4n) is 2.00. The van der Waals surface area contributed by atoms with Gasteiger partial charge >= 0.3 is 0 Å². The van der Waals surface area contributed by atoms with E-state index in [-0.39, 0.29) is 17.6 Å². The zero-order chi connectivity index (χ0) is 12.3. The zero-order valence-electron chi connectivity index (χ0n) is 9.93. The third-order valence-electron chi connectivity index (χ3n) is 3.12. The highest BCUT2D eigenvalue weighted by atomic mass is 16.5. The molecule has 1 aromatic carbocycles. The number of hydrogen-bond donors (Lipinski definition) is 1. The van der Waals surface area contributed by atoms with E-state index in [2.05, 4.69) is 4.90 Å². The normalized spacial score (nSPS) is 18.9. The Morgan fingerprint density at radius 1 is 1.29 bits per heavy atom. The van der Waals surface area contributed by atoms with E-state index in [9.17, 15) is 9.90 Å². The second-order valence-electron chi connectivity index (χ2n) is 4.24. The summed E-state index contributed by atoms with van der Waals surface area (Å²) in [5, 5.41) is 9.19. The number of ketones is 1. The second kappa shape index (κ2) is 5.29. The topological polar surface area (TPSA) is 49.8 Å². The summed E-state index contributed by atoms with van der Waals surface area (Å²) in [6.07, 6.45) is 0. The van der Waals surface area contributed by atoms with E-state index in [1.165, 1.54) is 0 Å². The summed E-state index contributed by atoms with van der Waals surface area (Å²) >= 11 is 0. The molecule has 0 aliphatic carbocycles. The van der Waals surface area contributed by atoms with Gasteiger partial charge in [-0.05, 0) is 31.2 Å². The molecule has 0 amide bonds. The number of hydrogen-bond acceptors (Lipinski definition) is 4. The Bertz CT molecular complexity index is 382. The van der Waals surface area contributed by atoms with Gasteiger partial charge in [0.15, 0.2) is 5.78 Å². The average Bonchev–Trinajstić information content (AvgIpc) is 2.39. The molecule has 1 fully saturated rings. The predicted octanol–water partition coefficient (Wildman–Crippen LogP) is 1.30. The van der Waals surface area contributed by atoms with Crippen molar-refractivity contribution in [1.29, 1.82) is 0 Å². The van der Waals surface area contributed by atoms with Gasteiger partial charge in [0.1, 0.15) is 5.75 Å². The molecule has 1 saturated heterocycles. The number of phenolic OH excluding ortho intramolecular Hbond substituents is 1. The van der Waals surface area contributed by atoms with Crippen LogP contribution in [0.5, 0.6) is 5.75 Å². The van der Waals surface area contributed by atoms with Gasteiger partial charge in [-0.3, -0.25) is 9.69 Å². The summed E-state index contributed by atoms with van der Waals surface area (Å²) in [6.45, 7) is 4.89. The van der Waals surface area contributed by atoms with Gasteiger partial charge in [-0.25, -0.2) is 0 Å². The third-order valence-corrected chi connectivity index (χ3v) is 3.12. The van der Waals surface area contributed by atoms with E-state index in [0.29, 0.717) is 18.8 Å². The number of nitrogens with zero attached hydrogens (tertiary/aromatic N) is 1. The monoisotopic (exact) mass is 235 g/mol. The van der Waals surface area contributed by atoms with E-state index in [1.807, 2.05) is 6.92 Å². The van der Waals surface area contributed by atoms with Crippen molar-refractivity contribution in [2.24, 2.45) is 0 Å². The Morgan fingerprint density at radius 2 is 1.88 bits per heavy atom. The van der Waals surface area contributed by atoms with Crippen LogP contribution in [0.3, 0.4) is 0 Å². The maximum Gasteiger partial charge on any atom is 0.179 e. The van der Waals surface area contributed by atoms with E-state index in [4.69, 9.17) is 4.74 Å². The SMILES string of the molecule is CC(C(=O)c1ccc(O)cc1)N1CCOCC1. The minimum Gasteiger partial charge on any atom is -0.508 e. The second-order valence-corrected chi connectivity index (χ2v) is 4.24. The molecule has 1 aliphatic heterocycles. The Labute approximate surface area is 101 Å². The zero-order valence-corrected chi connectivity index (χ0v) is 9.93. The Hall–Kier alpha value is -1.39. The number of ether oxygens (including phenoxy) is 1. The summed E-state index contributed by atoms with van der Waals surface area (Å²) in [5.74, 6) is 0.271. The lowest BCUT2D eigenvalue weighted by Gasteiger charge is -2.31. The van der Waals surface area contributed by atoms with Crippen LogP contribution in [0.2, 0.25) is 0 Å². The van der Waals surface area contributed by atoms with Crippen molar-refractivity contribution in [3.05, 3.63) is 29.8 Å². The van der Waals surface area contributed by atoms with Gasteiger partial charge in [0.25, 0.3) is 0 Å². The molecule has 92 valence electrons. The lowest BCUT2D eigenvalue weighted by atomic mass is 10.0. The number of rotatable bonds is 3. The molecule has 1 unspecified atom stereocenters. The first-order chi connectivity index (χ1) is 8.18. The van der Waals surface area contributed by atoms with Crippen molar-refractivity contribution >= 4 is 5.78 Å². The summed E-state index contributed by atoms with van der Waals surface area (Å²) in [7, 11) is 0. The number of benzene rings is 1. The number of phenols is 1. The van der Waals surface area contributed by atoms with Crippen molar-refractivity contribution in [2.75, 3.05) is 26.3 Å². The van der Waals surface area contributed by atoms with E-state index in [0.717, 1.165) is 13.1 Å². The maximum atomic E-state index is 12.2. The van der Waals surface area contributed by atoms with Crippen molar-refractivity contribution < 1.29 is 14.6 Å². The van der Waals surface area contributed by atoms with Gasteiger partial charge in [0.05, 0.1) is 19.3 Å². The van der Waals surface area contributed by atoms with Crippen LogP contribution in [0, 0.1) is 0 Å². The Kier molecular flexibility index (Phi) is 3.76. The molecule has 1 aromatic rings. The molecular weight excluding hydrogens is 218 g/mol. The smallest absolute Gasteiger partial charge is 0.179 e. The Balaban J connectivity index is 2.05. The summed E-state index contributed by atoms with van der Waals surface area (Å²) < 4.78 is 5.27. The van der Waals surface area contributed by atoms with E-state index < -0.39 is 0 Å². The van der Waals surface area contributed by atoms with Crippen LogP contribution >= 0.6 is 0 Å². The number of aromatic hydroxyl groups is 1. The molecule has 1 atom stereocenters. The van der Waals surface area contributed by atoms with Crippen molar-refractivity contribution in [1.82, 2.24) is 4.90 Å². The molecular formula is C13H17NO3. The van der Waals surface area contributed by atoms with Crippen molar-refractivity contribution in [3.8, 4) is 5.75 Å². The number of carbonyl (C=O) groups excluding carboxylic acids is 1. The van der Waals surface area contributed by atoms with Crippen LogP contribution in [0.15, 0.2) is 24.3 Å². The molecule has 1 heterocycles. The largest absolute Gasteiger partial charge is 0.508 e. The molecule has 1 N–H and O–H groups in total. The first-order valence-electron chi connectivity index (χ1n) is 5.83. The molecule has 0 spiro atoms. The highest BCUT2D eigenvalue weighted by Crippen LogP contribution is 2.14. The molecule has 0 bridgehead atoms. The molecule has 17 heavy (non-hydrogen) atoms. The van der Waals surface area contributed by atoms with Crippen LogP contribution in [0.4, 0.5) is 0 Å². The van der Waals surface area contributed by atoms with Gasteiger partial charge < -0.3 is 9.84 Å². The Morgan fingerprint density at radius 3 is 2.47 bits per heavy atom. The van der Waals surface area contributed by atoms with Crippen LogP contribution in [-0.2, 0) is 4.74 Å². The third kappa shape index (κ3) is 2.84. The van der Waals surface area contributed by atoms with Gasteiger partial charge in [-0.2, -0.15) is 0 Å². The van der Waals surface area contributed by atoms with E-state index in [1.54, 1.807) is 24.3 Å². The lowest BCUT2D eigenvalue weighted by molar-refractivity contribution is 0.0208. The van der Waals surface area contributed by atoms with Crippen LogP contribution < -0.4 is 0 Å². The fourth-order valence-corrected chi connectivity index (χ4v) is 2.00. The first kappa shape index (κ1) is 12.1. The number of morpholine rings is 1. The van der Waals surface area contributed by atoms with E-state index >= 15 is 0 Å². The summed E-state index contributed by atoms with van der Waals surface area (Å²) in [4.78, 5) is 14.3. The predicted molar refractivity (Wildman–Crippen MR) is 64.3 cm³/mol. The standard InChI is InChI=1S/C13H17NO3/c1-10(14-6-8-17-9-7-14)13(16)11-2-4-12(15)5-3-11/h2-5,10,15H,6-9H2,1H3. The highest BCUT2D eigenvalue weighted by molar-refractivity contribution is 5.99. The summed E-state index contributed by atoms with van der Waals surface area (Å²) in [5.41, 5.74) is 0.641. The average molecular weight is 235 g/mol. The molecule has 0 aromatic heterocycles. The van der Waals surface area contributed by atoms with Gasteiger partial charge in [0, 0.05) is 18.7 Å². The molecule has 2 rings (SSSR count). The quantitative estimate of drug-likeness (QED) is 0.802. The first-order valence-corrected chi connectivity index (χ1v) is 5.83. The minimum absolute atomic E-state index is 0.0897. The molecule has 4 heteroatoms. The highest BCUT2D eigenvalue weighted by Gasteiger charge is 2.23. The maximum absolute atomic E-state index is 12.2. The van der Waals surface area contributed by atoms with Crippen molar-refractivity contribution in [3.63, 3.8) is 0 Å². The molecule has 0 saturated carbocycles. The molecule has 1 aliphatic rings. The van der Waals surface area contributed by atoms with Crippen LogP contribution in [0.1, 0.15) is 17.3 Å². The lowest BCUT2D eigenvalue weighted by Crippen LogP contribution is -2.45. The van der Waals surface area contributed by atoms with Gasteiger partial charge in [0.2, 0.25) is 0 Å². The minimum atomic E-state index is -0.136. The fraction of sp³-hybridized carbons (Fsp3) is 0.462. The van der Waals surface area contributed by atoms with Gasteiger partial charge in [-0.1, -0.05) is 0 Å². The van der Waals surface area contributed by atoms with Crippen LogP contribution in [0.25, 0.3) is 0 Å². The van der Waals surface area contributed by atoms with Crippen molar-refractivity contribution in [2.45, 2.75) is 13.0 Å². The molecule has 0 radical (unpaired) electrons. The van der Waals surface area contributed by atoms with Gasteiger partial charge in [-0.15, -0.1) is 0 Å². The van der Waals surface area contributed by atoms with Crippen LogP contribution in [-0.4, -0.2) is 48.1 Å². The summed E-state index contributed by atoms with van der Waals surface area (Å²) in [6, 6.07) is 6.27. The number of Topliss-reactive ketones (excluding diaryl/α,β-unsaturated/α-hetero) is 1. The number of carbonyl (C=O) groups is 1.